The molecule has 0 spiro atoms. The first-order valence-corrected chi connectivity index (χ1v) is 19.7. The molecule has 0 saturated heterocycles. The Bertz CT molecular complexity index is 689. The molecule has 0 atom stereocenters. The van der Waals surface area contributed by atoms with Crippen molar-refractivity contribution in [2.45, 2.75) is 219 Å². The molecule has 0 rings (SSSR count). The van der Waals surface area contributed by atoms with E-state index in [2.05, 4.69) is 13.8 Å². The summed E-state index contributed by atoms with van der Waals surface area (Å²) < 4.78 is 4.89. The van der Waals surface area contributed by atoms with E-state index in [0.717, 1.165) is 31.8 Å². The first-order valence-electron chi connectivity index (χ1n) is 19.7. The summed E-state index contributed by atoms with van der Waals surface area (Å²) in [4.78, 5) is 31.5. The summed E-state index contributed by atoms with van der Waals surface area (Å²) in [5.74, 6) is -2.90. The summed E-state index contributed by atoms with van der Waals surface area (Å²) in [5, 5.41) is 20.4. The molecule has 0 amide bonds. The monoisotopic (exact) mass is 737 g/mol. The van der Waals surface area contributed by atoms with Crippen molar-refractivity contribution in [3.8, 4) is 0 Å². The Morgan fingerprint density at radius 1 is 0.438 bits per heavy atom. The number of ether oxygens (including phenoxy) is 1. The van der Waals surface area contributed by atoms with Gasteiger partial charge in [0.2, 0.25) is 0 Å². The van der Waals surface area contributed by atoms with Crippen LogP contribution in [0.1, 0.15) is 219 Å². The maximum Gasteiger partial charge on any atom is 2.00 e. The van der Waals surface area contributed by atoms with Crippen LogP contribution in [0.5, 0.6) is 0 Å². The molecule has 0 heterocycles. The van der Waals surface area contributed by atoms with Crippen LogP contribution in [0.3, 0.4) is 0 Å². The van der Waals surface area contributed by atoms with Crippen molar-refractivity contribution in [2.75, 3.05) is 6.61 Å². The molecule has 0 aliphatic carbocycles. The van der Waals surface area contributed by atoms with E-state index in [4.69, 9.17) is 4.74 Å². The minimum absolute atomic E-state index is 0. The molecule has 8 heteroatoms. The summed E-state index contributed by atoms with van der Waals surface area (Å²) in [6, 6.07) is 0. The molecule has 0 saturated carbocycles. The van der Waals surface area contributed by atoms with Gasteiger partial charge >= 0.3 is 55.0 Å². The summed E-state index contributed by atoms with van der Waals surface area (Å²) in [7, 11) is 0. The molecule has 0 unspecified atom stereocenters. The topological polar surface area (TPSA) is 107 Å². The van der Waals surface area contributed by atoms with Gasteiger partial charge in [0.15, 0.2) is 0 Å². The molecule has 0 aromatic carbocycles. The van der Waals surface area contributed by atoms with E-state index in [9.17, 15) is 24.6 Å². The van der Waals surface area contributed by atoms with Gasteiger partial charge in [-0.05, 0) is 25.3 Å². The van der Waals surface area contributed by atoms with Gasteiger partial charge in [-0.3, -0.25) is 0 Å². The van der Waals surface area contributed by atoms with Crippen LogP contribution in [0.25, 0.3) is 0 Å². The fourth-order valence-corrected chi connectivity index (χ4v) is 5.65. The standard InChI is InChI=1S/C22H40O4.C18H36O2.Na.Zn/c1-2-3-4-5-6-7-8-9-10-11-12-13-14-15-16-17-20-26-22(25)19-18-21(23)24;1-2-3-4-5-6-7-8-9-10-11-12-13-14-15-16-17-18(19)20;;/h18-19H,2-17,20H2,1H3,(H,23,24);2-17H2,1H3,(H,19,20);;/q;;+1;+2/p-2/b19-18+;;;. The van der Waals surface area contributed by atoms with Gasteiger partial charge in [-0.2, -0.15) is 0 Å². The largest absolute Gasteiger partial charge is 2.00 e. The predicted molar refractivity (Wildman–Crippen MR) is 189 cm³/mol. The van der Waals surface area contributed by atoms with Crippen molar-refractivity contribution in [2.24, 2.45) is 0 Å². The van der Waals surface area contributed by atoms with E-state index < -0.39 is 17.9 Å². The third kappa shape index (κ3) is 55.2. The minimum Gasteiger partial charge on any atom is -0.550 e. The van der Waals surface area contributed by atoms with Crippen molar-refractivity contribution in [3.63, 3.8) is 0 Å². The predicted octanol–water partition coefficient (Wildman–Crippen LogP) is 7.10. The average Bonchev–Trinajstić information content (AvgIpc) is 3.03. The second-order valence-electron chi connectivity index (χ2n) is 13.2. The number of carboxylic acids is 2. The summed E-state index contributed by atoms with van der Waals surface area (Å²) in [5.41, 5.74) is 0. The molecule has 0 fully saturated rings. The second kappa shape index (κ2) is 48.9. The number of unbranched alkanes of at least 4 members (excludes halogenated alkanes) is 29. The average molecular weight is 739 g/mol. The van der Waals surface area contributed by atoms with E-state index in [1.807, 2.05) is 0 Å². The molecule has 48 heavy (non-hydrogen) atoms. The Morgan fingerprint density at radius 3 is 0.979 bits per heavy atom. The molecule has 0 N–H and O–H groups in total. The van der Waals surface area contributed by atoms with Gasteiger partial charge in [-0.25, -0.2) is 4.79 Å². The van der Waals surface area contributed by atoms with Crippen LogP contribution in [-0.4, -0.2) is 24.5 Å². The van der Waals surface area contributed by atoms with Crippen LogP contribution >= 0.6 is 0 Å². The smallest absolute Gasteiger partial charge is 0.550 e. The Kier molecular flexibility index (Phi) is 55.6. The van der Waals surface area contributed by atoms with E-state index in [1.54, 1.807) is 0 Å². The number of carboxylic acid groups (broad SMARTS) is 2. The van der Waals surface area contributed by atoms with Gasteiger partial charge in [0.1, 0.15) is 0 Å². The van der Waals surface area contributed by atoms with E-state index >= 15 is 0 Å². The molecular weight excluding hydrogens is 665 g/mol. The molecule has 6 nitrogen and oxygen atoms in total. The van der Waals surface area contributed by atoms with E-state index in [0.29, 0.717) is 12.7 Å². The van der Waals surface area contributed by atoms with Gasteiger partial charge in [-0.15, -0.1) is 0 Å². The van der Waals surface area contributed by atoms with Gasteiger partial charge < -0.3 is 24.5 Å². The van der Waals surface area contributed by atoms with E-state index in [1.165, 1.54) is 173 Å². The van der Waals surface area contributed by atoms with Crippen LogP contribution < -0.4 is 39.8 Å². The van der Waals surface area contributed by atoms with Crippen molar-refractivity contribution in [1.29, 1.82) is 0 Å². The molecule has 0 aliphatic rings. The Labute approximate surface area is 332 Å². The molecular formula is C40H74NaO6Zn+. The SMILES string of the molecule is CCCCCCCCCCCCCCCCCC(=O)[O-].CCCCCCCCCCCCCCCCCCOC(=O)/C=C/C(=O)[O-].[Na+].[Zn+2]. The number of aliphatic carboxylic acids is 2. The third-order valence-electron chi connectivity index (χ3n) is 8.58. The quantitative estimate of drug-likeness (QED) is 0.0298. The number of rotatable bonds is 35. The fraction of sp³-hybridized carbons (Fsp3) is 0.875. The number of hydrogen-bond donors (Lipinski definition) is 0. The van der Waals surface area contributed by atoms with Crippen LogP contribution in [-0.2, 0) is 38.6 Å². The molecule has 272 valence electrons. The zero-order valence-electron chi connectivity index (χ0n) is 32.1. The van der Waals surface area contributed by atoms with Crippen LogP contribution in [0, 0.1) is 0 Å². The van der Waals surface area contributed by atoms with Gasteiger partial charge in [0.25, 0.3) is 0 Å². The molecule has 0 aromatic heterocycles. The van der Waals surface area contributed by atoms with Gasteiger partial charge in [0, 0.05) is 12.0 Å². The third-order valence-corrected chi connectivity index (χ3v) is 8.58. The maximum atomic E-state index is 11.1. The molecule has 0 aromatic rings. The summed E-state index contributed by atoms with van der Waals surface area (Å²) in [6.45, 7) is 4.89. The molecule has 0 aliphatic heterocycles. The maximum absolute atomic E-state index is 11.1. The molecule has 0 radical (unpaired) electrons. The van der Waals surface area contributed by atoms with Crippen molar-refractivity contribution >= 4 is 17.9 Å². The first-order chi connectivity index (χ1) is 22.4. The van der Waals surface area contributed by atoms with Crippen molar-refractivity contribution in [1.82, 2.24) is 0 Å². The van der Waals surface area contributed by atoms with Crippen LogP contribution in [0.4, 0.5) is 0 Å². The normalized spacial score (nSPS) is 10.5. The van der Waals surface area contributed by atoms with Crippen LogP contribution in [0.15, 0.2) is 12.2 Å². The Hall–Kier alpha value is -0.227. The van der Waals surface area contributed by atoms with Crippen molar-refractivity contribution < 1.29 is 78.4 Å². The first kappa shape index (κ1) is 54.5. The Balaban J connectivity index is -0.000000399. The number of hydrogen-bond acceptors (Lipinski definition) is 6. The van der Waals surface area contributed by atoms with E-state index in [-0.39, 0.29) is 55.5 Å². The minimum atomic E-state index is -1.38. The van der Waals surface area contributed by atoms with Gasteiger partial charge in [-0.1, -0.05) is 200 Å². The summed E-state index contributed by atoms with van der Waals surface area (Å²) in [6.07, 6.45) is 42.3. The fourth-order valence-electron chi connectivity index (χ4n) is 5.65. The van der Waals surface area contributed by atoms with Crippen molar-refractivity contribution in [3.05, 3.63) is 12.2 Å². The number of carbonyl (C=O) groups is 3. The Morgan fingerprint density at radius 2 is 0.708 bits per heavy atom. The van der Waals surface area contributed by atoms with Crippen LogP contribution in [0.2, 0.25) is 0 Å². The van der Waals surface area contributed by atoms with Gasteiger partial charge in [0.05, 0.1) is 12.6 Å². The summed E-state index contributed by atoms with van der Waals surface area (Å²) >= 11 is 0. The zero-order valence-corrected chi connectivity index (χ0v) is 37.1. The number of carbonyl (C=O) groups excluding carboxylic acids is 3. The second-order valence-corrected chi connectivity index (χ2v) is 13.2. The zero-order chi connectivity index (χ0) is 34.2. The molecule has 0 bridgehead atoms. The number of esters is 1.